The SMILES string of the molecule is CC[O][Al]1[O]c2ccc3ccccc3c2-c2c(ccc3ccccc23)[O]1.[HH]. The van der Waals surface area contributed by atoms with Gasteiger partial charge in [-0.15, -0.1) is 0 Å². The van der Waals surface area contributed by atoms with Gasteiger partial charge in [0.25, 0.3) is 0 Å². The Bertz CT molecular complexity index is 1040. The lowest BCUT2D eigenvalue weighted by atomic mass is 9.92. The van der Waals surface area contributed by atoms with Crippen molar-refractivity contribution < 1.29 is 12.8 Å². The number of hydrogen-bond donors (Lipinski definition) is 0. The van der Waals surface area contributed by atoms with Gasteiger partial charge in [0.1, 0.15) is 0 Å². The zero-order valence-electron chi connectivity index (χ0n) is 14.4. The minimum Gasteiger partial charge on any atom is -0.588 e. The molecule has 0 spiro atoms. The average Bonchev–Trinajstić information content (AvgIpc) is 2.84. The molecule has 1 aliphatic rings. The molecule has 0 saturated carbocycles. The maximum Gasteiger partial charge on any atom is 1.10 e. The highest BCUT2D eigenvalue weighted by molar-refractivity contribution is 6.39. The standard InChI is InChI=1S/C20H14O2.C2H5O.Al.H2/c21-17-11-9-13-5-1-3-7-15(13)19(17)20-16-8-4-2-6-14(16)10-12-18(20)22;1-2-3;;/h1-12,21-22H;2H2,1H3;;1H/q;-1;+3;/p-2. The van der Waals surface area contributed by atoms with E-state index >= 15 is 0 Å². The molecule has 0 atom stereocenters. The van der Waals surface area contributed by atoms with E-state index in [1.807, 2.05) is 19.1 Å². The Morgan fingerprint density at radius 1 is 0.731 bits per heavy atom. The van der Waals surface area contributed by atoms with Crippen molar-refractivity contribution >= 4 is 36.7 Å². The number of rotatable bonds is 2. The summed E-state index contributed by atoms with van der Waals surface area (Å²) in [6.45, 7) is 2.54. The lowest BCUT2D eigenvalue weighted by molar-refractivity contribution is 0.214. The third-order valence-electron chi connectivity index (χ3n) is 4.78. The van der Waals surface area contributed by atoms with Crippen LogP contribution in [0.5, 0.6) is 11.5 Å². The first-order valence-electron chi connectivity index (χ1n) is 8.84. The fraction of sp³-hybridized carbons (Fsp3) is 0.0909. The number of hydrogen-bond acceptors (Lipinski definition) is 3. The Morgan fingerprint density at radius 3 is 1.73 bits per heavy atom. The second kappa shape index (κ2) is 6.34. The molecule has 5 rings (SSSR count). The normalized spacial score (nSPS) is 12.9. The second-order valence-electron chi connectivity index (χ2n) is 6.30. The van der Waals surface area contributed by atoms with E-state index in [1.54, 1.807) is 0 Å². The summed E-state index contributed by atoms with van der Waals surface area (Å²) in [6.07, 6.45) is 0. The highest BCUT2D eigenvalue weighted by Crippen LogP contribution is 2.47. The van der Waals surface area contributed by atoms with Crippen molar-refractivity contribution in [2.75, 3.05) is 6.61 Å². The molecule has 26 heavy (non-hydrogen) atoms. The molecule has 1 heterocycles. The van der Waals surface area contributed by atoms with Gasteiger partial charge in [0.15, 0.2) is 0 Å². The van der Waals surface area contributed by atoms with Crippen LogP contribution in [-0.4, -0.2) is 21.8 Å². The molecule has 0 radical (unpaired) electrons. The molecule has 4 aromatic rings. The molecule has 4 heteroatoms. The van der Waals surface area contributed by atoms with Crippen LogP contribution in [0.25, 0.3) is 32.7 Å². The van der Waals surface area contributed by atoms with E-state index in [9.17, 15) is 0 Å². The number of benzene rings is 4. The van der Waals surface area contributed by atoms with Gasteiger partial charge in [-0.3, -0.25) is 0 Å². The van der Waals surface area contributed by atoms with Crippen molar-refractivity contribution in [1.82, 2.24) is 0 Å². The van der Waals surface area contributed by atoms with Gasteiger partial charge in [0, 0.05) is 19.2 Å². The Hall–Kier alpha value is -2.51. The summed E-state index contributed by atoms with van der Waals surface area (Å²) >= 11 is -2.31. The lowest BCUT2D eigenvalue weighted by Gasteiger charge is -2.15. The minimum atomic E-state index is -2.31. The van der Waals surface area contributed by atoms with E-state index in [-0.39, 0.29) is 1.43 Å². The van der Waals surface area contributed by atoms with E-state index in [2.05, 4.69) is 60.7 Å². The van der Waals surface area contributed by atoms with Crippen LogP contribution in [0, 0.1) is 0 Å². The molecule has 0 fully saturated rings. The van der Waals surface area contributed by atoms with Crippen LogP contribution in [-0.2, 0) is 3.79 Å². The Kier molecular flexibility index (Phi) is 3.83. The molecule has 1 aliphatic heterocycles. The van der Waals surface area contributed by atoms with Crippen molar-refractivity contribution in [2.45, 2.75) is 6.92 Å². The van der Waals surface area contributed by atoms with Gasteiger partial charge in [-0.25, -0.2) is 0 Å². The first-order chi connectivity index (χ1) is 12.8. The summed E-state index contributed by atoms with van der Waals surface area (Å²) in [6, 6.07) is 25.1. The van der Waals surface area contributed by atoms with Crippen LogP contribution >= 0.6 is 0 Å². The Labute approximate surface area is 158 Å². The fourth-order valence-corrected chi connectivity index (χ4v) is 4.91. The molecule has 0 aliphatic carbocycles. The van der Waals surface area contributed by atoms with Gasteiger partial charge in [-0.2, -0.15) is 0 Å². The summed E-state index contributed by atoms with van der Waals surface area (Å²) in [5.74, 6) is 1.67. The smallest absolute Gasteiger partial charge is 0.588 e. The summed E-state index contributed by atoms with van der Waals surface area (Å²) in [7, 11) is 0. The van der Waals surface area contributed by atoms with E-state index < -0.39 is 15.1 Å². The molecular formula is C22H19AlO3. The Balaban J connectivity index is 0.00000180. The second-order valence-corrected chi connectivity index (χ2v) is 7.68. The van der Waals surface area contributed by atoms with E-state index in [4.69, 9.17) is 11.4 Å². The summed E-state index contributed by atoms with van der Waals surface area (Å²) in [4.78, 5) is 0. The first kappa shape index (κ1) is 15.7. The topological polar surface area (TPSA) is 27.7 Å². The van der Waals surface area contributed by atoms with Crippen LogP contribution in [0.2, 0.25) is 0 Å². The molecule has 0 aromatic heterocycles. The average molecular weight is 358 g/mol. The predicted octanol–water partition coefficient (Wildman–Crippen LogP) is 5.70. The minimum absolute atomic E-state index is 0. The van der Waals surface area contributed by atoms with Crippen molar-refractivity contribution in [3.8, 4) is 22.6 Å². The van der Waals surface area contributed by atoms with Gasteiger partial charge in [0.05, 0.1) is 11.5 Å². The zero-order chi connectivity index (χ0) is 17.5. The van der Waals surface area contributed by atoms with Gasteiger partial charge in [-0.05, 0) is 40.6 Å². The number of fused-ring (bicyclic) bond motifs is 7. The first-order valence-corrected chi connectivity index (χ1v) is 10.3. The van der Waals surface area contributed by atoms with Crippen LogP contribution in [0.15, 0.2) is 72.8 Å². The molecule has 128 valence electrons. The van der Waals surface area contributed by atoms with Crippen molar-refractivity contribution in [3.63, 3.8) is 0 Å². The molecule has 4 aromatic carbocycles. The van der Waals surface area contributed by atoms with E-state index in [1.165, 1.54) is 10.8 Å². The lowest BCUT2D eigenvalue weighted by Crippen LogP contribution is -2.33. The molecule has 0 unspecified atom stereocenters. The highest BCUT2D eigenvalue weighted by atomic mass is 27.3. The van der Waals surface area contributed by atoms with Crippen LogP contribution < -0.4 is 7.58 Å². The van der Waals surface area contributed by atoms with Crippen molar-refractivity contribution in [1.29, 1.82) is 0 Å². The van der Waals surface area contributed by atoms with Crippen molar-refractivity contribution in [2.24, 2.45) is 0 Å². The fourth-order valence-electron chi connectivity index (χ4n) is 3.65. The third-order valence-corrected chi connectivity index (χ3v) is 6.28. The molecular weight excluding hydrogens is 339 g/mol. The quantitative estimate of drug-likeness (QED) is 0.430. The van der Waals surface area contributed by atoms with E-state index in [0.717, 1.165) is 33.4 Å². The monoisotopic (exact) mass is 358 g/mol. The summed E-state index contributed by atoms with van der Waals surface area (Å²) in [5, 5.41) is 4.70. The highest BCUT2D eigenvalue weighted by Gasteiger charge is 2.43. The largest absolute Gasteiger partial charge is 1.10 e. The zero-order valence-corrected chi connectivity index (χ0v) is 15.6. The molecule has 3 nitrogen and oxygen atoms in total. The van der Waals surface area contributed by atoms with Crippen LogP contribution in [0.1, 0.15) is 8.35 Å². The molecule has 0 saturated heterocycles. The molecule has 0 bridgehead atoms. The van der Waals surface area contributed by atoms with E-state index in [0.29, 0.717) is 6.61 Å². The summed E-state index contributed by atoms with van der Waals surface area (Å²) < 4.78 is 18.3. The van der Waals surface area contributed by atoms with Gasteiger partial charge in [-0.1, -0.05) is 60.7 Å². The maximum absolute atomic E-state index is 6.23. The Morgan fingerprint density at radius 2 is 1.23 bits per heavy atom. The van der Waals surface area contributed by atoms with Crippen LogP contribution in [0.4, 0.5) is 0 Å². The van der Waals surface area contributed by atoms with Crippen LogP contribution in [0.3, 0.4) is 0 Å². The maximum atomic E-state index is 6.23. The van der Waals surface area contributed by atoms with Gasteiger partial charge in [0.2, 0.25) is 0 Å². The van der Waals surface area contributed by atoms with Crippen molar-refractivity contribution in [3.05, 3.63) is 72.8 Å². The molecule has 0 N–H and O–H groups in total. The summed E-state index contributed by atoms with van der Waals surface area (Å²) in [5.41, 5.74) is 2.18. The predicted molar refractivity (Wildman–Crippen MR) is 108 cm³/mol. The van der Waals surface area contributed by atoms with Gasteiger partial charge < -0.3 is 11.4 Å². The molecule has 0 amide bonds. The van der Waals surface area contributed by atoms with Gasteiger partial charge >= 0.3 is 15.1 Å². The third kappa shape index (κ3) is 2.47.